The highest BCUT2D eigenvalue weighted by Crippen LogP contribution is 2.33. The van der Waals surface area contributed by atoms with E-state index in [0.717, 1.165) is 24.7 Å². The smallest absolute Gasteiger partial charge is 0.282 e. The second kappa shape index (κ2) is 3.27. The quantitative estimate of drug-likeness (QED) is 0.618. The van der Waals surface area contributed by atoms with Crippen LogP contribution in [0.1, 0.15) is 17.5 Å². The molecular weight excluding hydrogens is 199 g/mol. The Morgan fingerprint density at radius 2 is 2.25 bits per heavy atom. The van der Waals surface area contributed by atoms with Gasteiger partial charge in [0.05, 0.1) is 0 Å². The maximum absolute atomic E-state index is 5.80. The van der Waals surface area contributed by atoms with Gasteiger partial charge in [-0.15, -0.1) is 0 Å². The van der Waals surface area contributed by atoms with Gasteiger partial charge in [-0.2, -0.15) is 0 Å². The highest BCUT2D eigenvalue weighted by Gasteiger charge is 2.39. The number of amidine groups is 1. The van der Waals surface area contributed by atoms with Gasteiger partial charge in [0.1, 0.15) is 20.0 Å². The van der Waals surface area contributed by atoms with Crippen LogP contribution in [-0.2, 0) is 17.6 Å². The first-order valence-corrected chi connectivity index (χ1v) is 5.52. The van der Waals surface area contributed by atoms with Crippen LogP contribution in [0.3, 0.4) is 0 Å². The first-order chi connectivity index (χ1) is 7.67. The van der Waals surface area contributed by atoms with Gasteiger partial charge in [0, 0.05) is 6.42 Å². The molecule has 0 saturated heterocycles. The molecule has 1 atom stereocenters. The van der Waals surface area contributed by atoms with Crippen LogP contribution in [0.2, 0.25) is 0 Å². The average molecular weight is 212 g/mol. The lowest BCUT2D eigenvalue weighted by atomic mass is 9.77. The molecule has 3 nitrogen and oxygen atoms in total. The van der Waals surface area contributed by atoms with Gasteiger partial charge in [-0.3, -0.25) is 0 Å². The Morgan fingerprint density at radius 1 is 1.38 bits per heavy atom. The molecule has 0 aromatic heterocycles. The average Bonchev–Trinajstić information content (AvgIpc) is 2.59. The Hall–Kier alpha value is -1.45. The fourth-order valence-corrected chi connectivity index (χ4v) is 2.59. The Labute approximate surface area is 96.1 Å². The molecule has 1 aromatic rings. The molecule has 1 aromatic carbocycles. The van der Waals surface area contributed by atoms with Gasteiger partial charge in [0.25, 0.3) is 6.02 Å². The molecule has 1 aliphatic heterocycles. The lowest BCUT2D eigenvalue weighted by Gasteiger charge is -2.30. The van der Waals surface area contributed by atoms with Gasteiger partial charge >= 0.3 is 0 Å². The number of nitrogens with zero attached hydrogens (tertiary/aromatic N) is 1. The van der Waals surface area contributed by atoms with Crippen LogP contribution in [0.15, 0.2) is 23.2 Å². The van der Waals surface area contributed by atoms with Crippen molar-refractivity contribution in [3.05, 3.63) is 29.3 Å². The van der Waals surface area contributed by atoms with Gasteiger partial charge in [-0.1, -0.05) is 23.7 Å². The highest BCUT2D eigenvalue weighted by atomic mass is 16.5. The molecule has 2 radical (unpaired) electrons. The van der Waals surface area contributed by atoms with Crippen molar-refractivity contribution in [2.24, 2.45) is 10.7 Å². The SMILES string of the molecule is [B]c1ccc2c(c1)CC1(CC2)COC(N)=N1. The summed E-state index contributed by atoms with van der Waals surface area (Å²) in [4.78, 5) is 4.44. The normalized spacial score (nSPS) is 27.4. The minimum absolute atomic E-state index is 0.134. The number of benzene rings is 1. The van der Waals surface area contributed by atoms with Crippen molar-refractivity contribution in [1.29, 1.82) is 0 Å². The lowest BCUT2D eigenvalue weighted by molar-refractivity contribution is 0.235. The van der Waals surface area contributed by atoms with E-state index in [-0.39, 0.29) is 5.54 Å². The molecular formula is C12H13BN2O. The van der Waals surface area contributed by atoms with E-state index < -0.39 is 0 Å². The van der Waals surface area contributed by atoms with Crippen molar-refractivity contribution in [3.8, 4) is 0 Å². The topological polar surface area (TPSA) is 47.6 Å². The number of aliphatic imine (C=N–C) groups is 1. The zero-order chi connectivity index (χ0) is 11.2. The van der Waals surface area contributed by atoms with E-state index in [1.807, 2.05) is 12.1 Å². The summed E-state index contributed by atoms with van der Waals surface area (Å²) < 4.78 is 5.29. The van der Waals surface area contributed by atoms with Crippen molar-refractivity contribution in [1.82, 2.24) is 0 Å². The van der Waals surface area contributed by atoms with E-state index in [4.69, 9.17) is 18.3 Å². The van der Waals surface area contributed by atoms with Crippen molar-refractivity contribution in [2.75, 3.05) is 6.61 Å². The zero-order valence-corrected chi connectivity index (χ0v) is 9.07. The summed E-state index contributed by atoms with van der Waals surface area (Å²) in [5.74, 6) is 0. The molecule has 1 unspecified atom stereocenters. The summed E-state index contributed by atoms with van der Waals surface area (Å²) in [5.41, 5.74) is 8.93. The van der Waals surface area contributed by atoms with E-state index >= 15 is 0 Å². The first kappa shape index (κ1) is 9.76. The molecule has 1 spiro atoms. The van der Waals surface area contributed by atoms with Gasteiger partial charge in [0.2, 0.25) is 0 Å². The van der Waals surface area contributed by atoms with Crippen LogP contribution in [0.4, 0.5) is 0 Å². The number of aryl methyl sites for hydroxylation is 1. The molecule has 2 aliphatic rings. The van der Waals surface area contributed by atoms with E-state index in [2.05, 4.69) is 11.1 Å². The molecule has 2 N–H and O–H groups in total. The largest absolute Gasteiger partial charge is 0.463 e. The van der Waals surface area contributed by atoms with Gasteiger partial charge in [-0.05, 0) is 24.0 Å². The molecule has 0 fully saturated rings. The van der Waals surface area contributed by atoms with E-state index in [0.29, 0.717) is 12.6 Å². The number of ether oxygens (including phenoxy) is 1. The molecule has 1 heterocycles. The fraction of sp³-hybridized carbons (Fsp3) is 0.417. The van der Waals surface area contributed by atoms with Gasteiger partial charge < -0.3 is 10.5 Å². The van der Waals surface area contributed by atoms with Crippen molar-refractivity contribution < 1.29 is 4.74 Å². The Balaban J connectivity index is 1.97. The van der Waals surface area contributed by atoms with Gasteiger partial charge in [0.15, 0.2) is 0 Å². The van der Waals surface area contributed by atoms with Crippen molar-refractivity contribution in [2.45, 2.75) is 24.8 Å². The third-order valence-corrected chi connectivity index (χ3v) is 3.45. The van der Waals surface area contributed by atoms with Gasteiger partial charge in [-0.25, -0.2) is 4.99 Å². The fourth-order valence-electron chi connectivity index (χ4n) is 2.59. The number of nitrogens with two attached hydrogens (primary N) is 1. The zero-order valence-electron chi connectivity index (χ0n) is 9.07. The number of fused-ring (bicyclic) bond motifs is 1. The second-order valence-electron chi connectivity index (χ2n) is 4.67. The van der Waals surface area contributed by atoms with Crippen molar-refractivity contribution in [3.63, 3.8) is 0 Å². The molecule has 0 amide bonds. The summed E-state index contributed by atoms with van der Waals surface area (Å²) in [5, 5.41) is 0. The maximum atomic E-state index is 5.80. The summed E-state index contributed by atoms with van der Waals surface area (Å²) in [6.07, 6.45) is 2.91. The summed E-state index contributed by atoms with van der Waals surface area (Å²) in [6, 6.07) is 6.44. The number of hydrogen-bond acceptors (Lipinski definition) is 3. The number of rotatable bonds is 0. The molecule has 4 heteroatoms. The summed E-state index contributed by atoms with van der Waals surface area (Å²) in [6.45, 7) is 0.604. The third-order valence-electron chi connectivity index (χ3n) is 3.45. The van der Waals surface area contributed by atoms with Crippen LogP contribution in [-0.4, -0.2) is 26.0 Å². The molecule has 16 heavy (non-hydrogen) atoms. The van der Waals surface area contributed by atoms with E-state index in [9.17, 15) is 0 Å². The third kappa shape index (κ3) is 1.49. The highest BCUT2D eigenvalue weighted by molar-refractivity contribution is 6.32. The predicted octanol–water partition coefficient (Wildman–Crippen LogP) is 0.0528. The molecule has 80 valence electrons. The monoisotopic (exact) mass is 212 g/mol. The second-order valence-corrected chi connectivity index (χ2v) is 4.67. The van der Waals surface area contributed by atoms with E-state index in [1.165, 1.54) is 11.1 Å². The molecule has 3 rings (SSSR count). The van der Waals surface area contributed by atoms with Crippen LogP contribution < -0.4 is 11.2 Å². The summed E-state index contributed by atoms with van der Waals surface area (Å²) in [7, 11) is 5.80. The Bertz CT molecular complexity index is 472. The van der Waals surface area contributed by atoms with Crippen LogP contribution >= 0.6 is 0 Å². The minimum atomic E-state index is -0.134. The Morgan fingerprint density at radius 3 is 3.00 bits per heavy atom. The predicted molar refractivity (Wildman–Crippen MR) is 64.2 cm³/mol. The lowest BCUT2D eigenvalue weighted by Crippen LogP contribution is -2.36. The minimum Gasteiger partial charge on any atom is -0.463 e. The summed E-state index contributed by atoms with van der Waals surface area (Å²) >= 11 is 0. The standard InChI is InChI=1S/C12H13BN2O/c13-10-2-1-8-3-4-12(6-9(8)5-10)7-16-11(14)15-12/h1-2,5H,3-4,6-7H2,(H2,14,15). The molecule has 0 saturated carbocycles. The Kier molecular flexibility index (Phi) is 2.00. The molecule has 1 aliphatic carbocycles. The maximum Gasteiger partial charge on any atom is 0.282 e. The number of hydrogen-bond donors (Lipinski definition) is 1. The van der Waals surface area contributed by atoms with Crippen LogP contribution in [0, 0.1) is 0 Å². The van der Waals surface area contributed by atoms with Crippen molar-refractivity contribution >= 4 is 19.3 Å². The van der Waals surface area contributed by atoms with E-state index in [1.54, 1.807) is 0 Å². The molecule has 0 bridgehead atoms. The van der Waals surface area contributed by atoms with Crippen LogP contribution in [0.25, 0.3) is 0 Å². The van der Waals surface area contributed by atoms with Crippen LogP contribution in [0.5, 0.6) is 0 Å². The first-order valence-electron chi connectivity index (χ1n) is 5.52.